The van der Waals surface area contributed by atoms with Gasteiger partial charge in [-0.15, -0.1) is 0 Å². The molecule has 0 radical (unpaired) electrons. The third-order valence-electron chi connectivity index (χ3n) is 2.29. The minimum atomic E-state index is -0.694. The summed E-state index contributed by atoms with van der Waals surface area (Å²) in [5, 5.41) is 14.3. The molecular weight excluding hydrogens is 256 g/mol. The minimum Gasteiger partial charge on any atom is -0.390 e. The van der Waals surface area contributed by atoms with Gasteiger partial charge in [0.25, 0.3) is 0 Å². The van der Waals surface area contributed by atoms with Gasteiger partial charge in [0.1, 0.15) is 0 Å². The molecule has 1 heterocycles. The summed E-state index contributed by atoms with van der Waals surface area (Å²) in [5.74, 6) is 0. The molecule has 3 nitrogen and oxygen atoms in total. The molecule has 86 valence electrons. The van der Waals surface area contributed by atoms with Crippen molar-refractivity contribution >= 4 is 15.9 Å². The summed E-state index contributed by atoms with van der Waals surface area (Å²) in [7, 11) is 0. The standard InChI is InChI=1S/C11H19BrN2O/c1-5-8-10(12)9(7-11(3,4)15)14(6-2)13-8/h15H,5-7H2,1-4H3. The lowest BCUT2D eigenvalue weighted by molar-refractivity contribution is 0.0785. The van der Waals surface area contributed by atoms with Crippen LogP contribution >= 0.6 is 15.9 Å². The van der Waals surface area contributed by atoms with Crippen molar-refractivity contribution in [2.24, 2.45) is 0 Å². The van der Waals surface area contributed by atoms with Crippen LogP contribution in [0.15, 0.2) is 4.47 Å². The fraction of sp³-hybridized carbons (Fsp3) is 0.727. The molecule has 0 aliphatic heterocycles. The second-order valence-corrected chi connectivity index (χ2v) is 5.16. The molecule has 0 bridgehead atoms. The Morgan fingerprint density at radius 3 is 2.40 bits per heavy atom. The Morgan fingerprint density at radius 1 is 1.40 bits per heavy atom. The quantitative estimate of drug-likeness (QED) is 0.917. The second-order valence-electron chi connectivity index (χ2n) is 4.37. The SMILES string of the molecule is CCc1nn(CC)c(CC(C)(C)O)c1Br. The Balaban J connectivity index is 3.09. The van der Waals surface area contributed by atoms with Crippen LogP contribution in [0.1, 0.15) is 39.1 Å². The third kappa shape index (κ3) is 3.05. The highest BCUT2D eigenvalue weighted by molar-refractivity contribution is 9.10. The van der Waals surface area contributed by atoms with Gasteiger partial charge in [0.2, 0.25) is 0 Å². The maximum Gasteiger partial charge on any atom is 0.0766 e. The van der Waals surface area contributed by atoms with E-state index in [1.54, 1.807) is 0 Å². The van der Waals surface area contributed by atoms with Gasteiger partial charge in [-0.2, -0.15) is 5.10 Å². The Morgan fingerprint density at radius 2 is 2.00 bits per heavy atom. The Kier molecular flexibility index (Phi) is 3.95. The van der Waals surface area contributed by atoms with E-state index in [1.165, 1.54) is 0 Å². The van der Waals surface area contributed by atoms with Gasteiger partial charge in [-0.25, -0.2) is 0 Å². The predicted molar refractivity (Wildman–Crippen MR) is 65.0 cm³/mol. The molecule has 15 heavy (non-hydrogen) atoms. The number of aliphatic hydroxyl groups is 1. The van der Waals surface area contributed by atoms with Gasteiger partial charge in [-0.1, -0.05) is 6.92 Å². The van der Waals surface area contributed by atoms with E-state index in [-0.39, 0.29) is 0 Å². The van der Waals surface area contributed by atoms with Crippen LogP contribution in [0.3, 0.4) is 0 Å². The van der Waals surface area contributed by atoms with E-state index >= 15 is 0 Å². The molecule has 0 aliphatic carbocycles. The average molecular weight is 275 g/mol. The number of aromatic nitrogens is 2. The molecule has 0 spiro atoms. The number of aryl methyl sites for hydroxylation is 2. The maximum atomic E-state index is 9.84. The fourth-order valence-electron chi connectivity index (χ4n) is 1.60. The van der Waals surface area contributed by atoms with E-state index in [1.807, 2.05) is 18.5 Å². The molecule has 1 rings (SSSR count). The van der Waals surface area contributed by atoms with Crippen LogP contribution in [0.25, 0.3) is 0 Å². The molecule has 4 heteroatoms. The highest BCUT2D eigenvalue weighted by Crippen LogP contribution is 2.25. The van der Waals surface area contributed by atoms with Crippen molar-refractivity contribution in [3.8, 4) is 0 Å². The molecule has 1 aromatic rings. The first-order valence-electron chi connectivity index (χ1n) is 5.35. The van der Waals surface area contributed by atoms with E-state index in [2.05, 4.69) is 34.9 Å². The first kappa shape index (κ1) is 12.7. The van der Waals surface area contributed by atoms with Gasteiger partial charge in [0.15, 0.2) is 0 Å². The van der Waals surface area contributed by atoms with Crippen molar-refractivity contribution in [3.05, 3.63) is 15.9 Å². The van der Waals surface area contributed by atoms with Crippen molar-refractivity contribution in [3.63, 3.8) is 0 Å². The topological polar surface area (TPSA) is 38.0 Å². The average Bonchev–Trinajstić information content (AvgIpc) is 2.42. The number of rotatable bonds is 4. The summed E-state index contributed by atoms with van der Waals surface area (Å²) in [6.45, 7) is 8.62. The van der Waals surface area contributed by atoms with Gasteiger partial charge in [0, 0.05) is 13.0 Å². The van der Waals surface area contributed by atoms with Gasteiger partial charge in [-0.05, 0) is 43.1 Å². The van der Waals surface area contributed by atoms with E-state index in [9.17, 15) is 5.11 Å². The van der Waals surface area contributed by atoms with Gasteiger partial charge >= 0.3 is 0 Å². The molecule has 0 amide bonds. The number of hydrogen-bond acceptors (Lipinski definition) is 2. The maximum absolute atomic E-state index is 9.84. The molecule has 0 fully saturated rings. The van der Waals surface area contributed by atoms with Crippen LogP contribution in [-0.4, -0.2) is 20.5 Å². The van der Waals surface area contributed by atoms with Crippen molar-refractivity contribution in [2.45, 2.75) is 52.7 Å². The molecule has 1 aromatic heterocycles. The van der Waals surface area contributed by atoms with E-state index in [0.717, 1.165) is 28.8 Å². The number of hydrogen-bond donors (Lipinski definition) is 1. The first-order valence-corrected chi connectivity index (χ1v) is 6.14. The lowest BCUT2D eigenvalue weighted by Gasteiger charge is -2.17. The van der Waals surface area contributed by atoms with E-state index < -0.39 is 5.60 Å². The van der Waals surface area contributed by atoms with E-state index in [4.69, 9.17) is 0 Å². The van der Waals surface area contributed by atoms with E-state index in [0.29, 0.717) is 6.42 Å². The Bertz CT molecular complexity index is 339. The zero-order valence-electron chi connectivity index (χ0n) is 9.84. The molecule has 1 N–H and O–H groups in total. The summed E-state index contributed by atoms with van der Waals surface area (Å²) < 4.78 is 3.01. The van der Waals surface area contributed by atoms with Crippen LogP contribution < -0.4 is 0 Å². The summed E-state index contributed by atoms with van der Waals surface area (Å²) in [4.78, 5) is 0. The fourth-order valence-corrected chi connectivity index (χ4v) is 2.30. The van der Waals surface area contributed by atoms with Crippen molar-refractivity contribution < 1.29 is 5.11 Å². The molecule has 0 aromatic carbocycles. The van der Waals surface area contributed by atoms with Crippen LogP contribution in [0, 0.1) is 0 Å². The molecule has 0 saturated carbocycles. The highest BCUT2D eigenvalue weighted by Gasteiger charge is 2.21. The van der Waals surface area contributed by atoms with Crippen molar-refractivity contribution in [1.82, 2.24) is 9.78 Å². The minimum absolute atomic E-state index is 0.619. The molecule has 0 saturated heterocycles. The smallest absolute Gasteiger partial charge is 0.0766 e. The number of halogens is 1. The lowest BCUT2D eigenvalue weighted by atomic mass is 10.0. The zero-order chi connectivity index (χ0) is 11.6. The van der Waals surface area contributed by atoms with Crippen LogP contribution in [0.5, 0.6) is 0 Å². The van der Waals surface area contributed by atoms with Gasteiger partial charge in [-0.3, -0.25) is 4.68 Å². The highest BCUT2D eigenvalue weighted by atomic mass is 79.9. The molecule has 0 unspecified atom stereocenters. The summed E-state index contributed by atoms with van der Waals surface area (Å²) in [5.41, 5.74) is 1.46. The second kappa shape index (κ2) is 4.66. The predicted octanol–water partition coefficient (Wildman–Crippen LogP) is 2.54. The van der Waals surface area contributed by atoms with Crippen LogP contribution in [0.2, 0.25) is 0 Å². The molecular formula is C11H19BrN2O. The molecule has 0 aliphatic rings. The Hall–Kier alpha value is -0.350. The first-order chi connectivity index (χ1) is 6.89. The summed E-state index contributed by atoms with van der Waals surface area (Å²) in [6, 6.07) is 0. The van der Waals surface area contributed by atoms with Gasteiger partial charge in [0.05, 0.1) is 21.5 Å². The number of nitrogens with zero attached hydrogens (tertiary/aromatic N) is 2. The third-order valence-corrected chi connectivity index (χ3v) is 3.21. The van der Waals surface area contributed by atoms with Crippen LogP contribution in [0.4, 0.5) is 0 Å². The monoisotopic (exact) mass is 274 g/mol. The summed E-state index contributed by atoms with van der Waals surface area (Å²) in [6.07, 6.45) is 1.53. The normalized spacial score (nSPS) is 12.1. The Labute approximate surface area is 99.6 Å². The molecule has 0 atom stereocenters. The zero-order valence-corrected chi connectivity index (χ0v) is 11.4. The summed E-state index contributed by atoms with van der Waals surface area (Å²) >= 11 is 3.56. The van der Waals surface area contributed by atoms with Crippen molar-refractivity contribution in [2.75, 3.05) is 0 Å². The van der Waals surface area contributed by atoms with Gasteiger partial charge < -0.3 is 5.11 Å². The van der Waals surface area contributed by atoms with Crippen LogP contribution in [-0.2, 0) is 19.4 Å². The lowest BCUT2D eigenvalue weighted by Crippen LogP contribution is -2.24. The van der Waals surface area contributed by atoms with Crippen molar-refractivity contribution in [1.29, 1.82) is 0 Å². The largest absolute Gasteiger partial charge is 0.390 e.